The monoisotopic (exact) mass is 334 g/mol. The quantitative estimate of drug-likeness (QED) is 0.899. The molecule has 2 aromatic rings. The van der Waals surface area contributed by atoms with Gasteiger partial charge in [0, 0.05) is 15.7 Å². The Labute approximate surface area is 125 Å². The molecule has 0 saturated carbocycles. The van der Waals surface area contributed by atoms with Crippen LogP contribution in [-0.2, 0) is 4.79 Å². The van der Waals surface area contributed by atoms with E-state index in [1.54, 1.807) is 0 Å². The molecule has 2 heterocycles. The molecular formula is C15H15BrN2O2. The topological polar surface area (TPSA) is 54.3 Å². The number of rotatable bonds is 3. The summed E-state index contributed by atoms with van der Waals surface area (Å²) in [5, 5.41) is 6.21. The Morgan fingerprint density at radius 2 is 2.15 bits per heavy atom. The van der Waals surface area contributed by atoms with Crippen LogP contribution in [-0.4, -0.2) is 5.91 Å². The third kappa shape index (κ3) is 2.27. The highest BCUT2D eigenvalue weighted by molar-refractivity contribution is 9.10. The molecule has 2 unspecified atom stereocenters. The van der Waals surface area contributed by atoms with E-state index in [0.717, 1.165) is 27.2 Å². The number of anilines is 1. The SMILES string of the molecule is Cc1ccc(C(C)NC2C(=O)Nc3cccc(Br)c32)o1. The summed E-state index contributed by atoms with van der Waals surface area (Å²) in [7, 11) is 0. The highest BCUT2D eigenvalue weighted by Crippen LogP contribution is 2.37. The van der Waals surface area contributed by atoms with Crippen LogP contribution >= 0.6 is 15.9 Å². The molecule has 20 heavy (non-hydrogen) atoms. The van der Waals surface area contributed by atoms with Crippen molar-refractivity contribution in [1.82, 2.24) is 5.32 Å². The third-order valence-corrected chi connectivity index (χ3v) is 4.16. The van der Waals surface area contributed by atoms with E-state index in [1.165, 1.54) is 0 Å². The highest BCUT2D eigenvalue weighted by Gasteiger charge is 2.33. The van der Waals surface area contributed by atoms with E-state index < -0.39 is 0 Å². The molecule has 1 amide bonds. The molecule has 1 aromatic heterocycles. The van der Waals surface area contributed by atoms with Gasteiger partial charge in [0.2, 0.25) is 5.91 Å². The number of carbonyl (C=O) groups is 1. The molecule has 1 aromatic carbocycles. The fraction of sp³-hybridized carbons (Fsp3) is 0.267. The second-order valence-electron chi connectivity index (χ2n) is 4.96. The lowest BCUT2D eigenvalue weighted by atomic mass is 10.1. The van der Waals surface area contributed by atoms with Crippen LogP contribution in [0.4, 0.5) is 5.69 Å². The second kappa shape index (κ2) is 5.07. The van der Waals surface area contributed by atoms with Crippen molar-refractivity contribution in [3.8, 4) is 0 Å². The second-order valence-corrected chi connectivity index (χ2v) is 5.81. The average Bonchev–Trinajstić information content (AvgIpc) is 2.95. The summed E-state index contributed by atoms with van der Waals surface area (Å²) >= 11 is 3.51. The lowest BCUT2D eigenvalue weighted by Crippen LogP contribution is -2.29. The van der Waals surface area contributed by atoms with E-state index in [4.69, 9.17) is 4.42 Å². The zero-order chi connectivity index (χ0) is 14.3. The number of nitrogens with one attached hydrogen (secondary N) is 2. The van der Waals surface area contributed by atoms with Gasteiger partial charge >= 0.3 is 0 Å². The van der Waals surface area contributed by atoms with Gasteiger partial charge in [-0.25, -0.2) is 0 Å². The molecule has 0 bridgehead atoms. The minimum atomic E-state index is -0.374. The Hall–Kier alpha value is -1.59. The molecule has 104 valence electrons. The van der Waals surface area contributed by atoms with Crippen LogP contribution in [0.2, 0.25) is 0 Å². The standard InChI is InChI=1S/C15H15BrN2O2/c1-8-6-7-12(20-8)9(2)17-14-13-10(16)4-3-5-11(13)18-15(14)19/h3-7,9,14,17H,1-2H3,(H,18,19). The predicted octanol–water partition coefficient (Wildman–Crippen LogP) is 3.69. The Morgan fingerprint density at radius 3 is 2.85 bits per heavy atom. The molecule has 5 heteroatoms. The van der Waals surface area contributed by atoms with Crippen LogP contribution in [0.15, 0.2) is 39.2 Å². The molecule has 2 atom stereocenters. The first-order valence-corrected chi connectivity index (χ1v) is 7.27. The van der Waals surface area contributed by atoms with Gasteiger partial charge < -0.3 is 9.73 Å². The van der Waals surface area contributed by atoms with Crippen LogP contribution in [0.3, 0.4) is 0 Å². The fourth-order valence-corrected chi connectivity index (χ4v) is 3.05. The maximum absolute atomic E-state index is 12.1. The van der Waals surface area contributed by atoms with Crippen molar-refractivity contribution in [2.75, 3.05) is 5.32 Å². The van der Waals surface area contributed by atoms with Gasteiger partial charge in [0.25, 0.3) is 0 Å². The number of fused-ring (bicyclic) bond motifs is 1. The molecule has 0 spiro atoms. The number of furan rings is 1. The Kier molecular flexibility index (Phi) is 3.40. The highest BCUT2D eigenvalue weighted by atomic mass is 79.9. The van der Waals surface area contributed by atoms with Crippen molar-refractivity contribution in [2.24, 2.45) is 0 Å². The van der Waals surface area contributed by atoms with Gasteiger partial charge in [-0.2, -0.15) is 0 Å². The van der Waals surface area contributed by atoms with Crippen LogP contribution in [0.25, 0.3) is 0 Å². The first-order valence-electron chi connectivity index (χ1n) is 6.48. The fourth-order valence-electron chi connectivity index (χ4n) is 2.45. The summed E-state index contributed by atoms with van der Waals surface area (Å²) in [5.41, 5.74) is 1.80. The van der Waals surface area contributed by atoms with E-state index in [-0.39, 0.29) is 18.0 Å². The molecule has 0 radical (unpaired) electrons. The van der Waals surface area contributed by atoms with Crippen molar-refractivity contribution < 1.29 is 9.21 Å². The van der Waals surface area contributed by atoms with E-state index in [1.807, 2.05) is 44.2 Å². The smallest absolute Gasteiger partial charge is 0.246 e. The first-order chi connectivity index (χ1) is 9.56. The zero-order valence-corrected chi connectivity index (χ0v) is 12.8. The summed E-state index contributed by atoms with van der Waals surface area (Å²) in [6.45, 7) is 3.89. The van der Waals surface area contributed by atoms with E-state index in [2.05, 4.69) is 26.6 Å². The number of hydrogen-bond donors (Lipinski definition) is 2. The first kappa shape index (κ1) is 13.4. The molecule has 0 fully saturated rings. The Balaban J connectivity index is 1.87. The van der Waals surface area contributed by atoms with Crippen molar-refractivity contribution >= 4 is 27.5 Å². The third-order valence-electron chi connectivity index (χ3n) is 3.47. The largest absolute Gasteiger partial charge is 0.465 e. The van der Waals surface area contributed by atoms with Crippen molar-refractivity contribution in [3.05, 3.63) is 51.9 Å². The van der Waals surface area contributed by atoms with Crippen LogP contribution in [0.5, 0.6) is 0 Å². The summed E-state index contributed by atoms with van der Waals surface area (Å²) in [5.74, 6) is 1.66. The van der Waals surface area contributed by atoms with Crippen molar-refractivity contribution in [3.63, 3.8) is 0 Å². The number of carbonyl (C=O) groups excluding carboxylic acids is 1. The van der Waals surface area contributed by atoms with Crippen LogP contribution in [0.1, 0.15) is 36.1 Å². The van der Waals surface area contributed by atoms with E-state index >= 15 is 0 Å². The van der Waals surface area contributed by atoms with E-state index in [9.17, 15) is 4.79 Å². The van der Waals surface area contributed by atoms with Gasteiger partial charge in [-0.05, 0) is 38.1 Å². The van der Waals surface area contributed by atoms with Gasteiger partial charge in [-0.3, -0.25) is 10.1 Å². The van der Waals surface area contributed by atoms with Crippen LogP contribution in [0, 0.1) is 6.92 Å². The van der Waals surface area contributed by atoms with Crippen molar-refractivity contribution in [1.29, 1.82) is 0 Å². The number of aryl methyl sites for hydroxylation is 1. The number of halogens is 1. The summed E-state index contributed by atoms with van der Waals surface area (Å²) in [6, 6.07) is 9.19. The minimum Gasteiger partial charge on any atom is -0.465 e. The molecule has 3 rings (SSSR count). The average molecular weight is 335 g/mol. The number of hydrogen-bond acceptors (Lipinski definition) is 3. The molecule has 1 aliphatic rings. The minimum absolute atomic E-state index is 0.0398. The normalized spacial score (nSPS) is 18.8. The maximum atomic E-state index is 12.1. The van der Waals surface area contributed by atoms with Gasteiger partial charge in [-0.1, -0.05) is 22.0 Å². The Bertz CT molecular complexity index is 666. The summed E-state index contributed by atoms with van der Waals surface area (Å²) in [6.07, 6.45) is 0. The van der Waals surface area contributed by atoms with E-state index in [0.29, 0.717) is 0 Å². The van der Waals surface area contributed by atoms with Gasteiger partial charge in [0.05, 0.1) is 6.04 Å². The predicted molar refractivity (Wildman–Crippen MR) is 80.5 cm³/mol. The zero-order valence-electron chi connectivity index (χ0n) is 11.2. The molecule has 0 saturated heterocycles. The molecule has 1 aliphatic heterocycles. The van der Waals surface area contributed by atoms with Crippen molar-refractivity contribution in [2.45, 2.75) is 25.9 Å². The Morgan fingerprint density at radius 1 is 1.35 bits per heavy atom. The summed E-state index contributed by atoms with van der Waals surface area (Å²) < 4.78 is 6.53. The van der Waals surface area contributed by atoms with Gasteiger partial charge in [0.1, 0.15) is 17.6 Å². The van der Waals surface area contributed by atoms with Gasteiger partial charge in [0.15, 0.2) is 0 Å². The lowest BCUT2D eigenvalue weighted by Gasteiger charge is -2.17. The molecule has 0 aliphatic carbocycles. The number of amides is 1. The van der Waals surface area contributed by atoms with Crippen LogP contribution < -0.4 is 10.6 Å². The molecule has 4 nitrogen and oxygen atoms in total. The number of benzene rings is 1. The molecular weight excluding hydrogens is 320 g/mol. The molecule has 2 N–H and O–H groups in total. The van der Waals surface area contributed by atoms with Gasteiger partial charge in [-0.15, -0.1) is 0 Å². The summed E-state index contributed by atoms with van der Waals surface area (Å²) in [4.78, 5) is 12.1. The lowest BCUT2D eigenvalue weighted by molar-refractivity contribution is -0.117. The maximum Gasteiger partial charge on any atom is 0.246 e.